The first-order valence-electron chi connectivity index (χ1n) is 6.61. The van der Waals surface area contributed by atoms with Gasteiger partial charge in [-0.1, -0.05) is 34.1 Å². The number of amides is 1. The normalized spacial score (nSPS) is 13.2. The van der Waals surface area contributed by atoms with Crippen LogP contribution in [0.1, 0.15) is 15.9 Å². The van der Waals surface area contributed by atoms with E-state index in [0.717, 1.165) is 14.9 Å². The van der Waals surface area contributed by atoms with Gasteiger partial charge in [-0.05, 0) is 24.3 Å². The molecule has 1 heterocycles. The van der Waals surface area contributed by atoms with Gasteiger partial charge in [0.25, 0.3) is 0 Å². The predicted octanol–water partition coefficient (Wildman–Crippen LogP) is 3.85. The minimum Gasteiger partial charge on any atom is -0.457 e. The van der Waals surface area contributed by atoms with Crippen molar-refractivity contribution in [2.24, 2.45) is 0 Å². The van der Waals surface area contributed by atoms with E-state index < -0.39 is 5.97 Å². The Morgan fingerprint density at radius 1 is 1.27 bits per heavy atom. The minimum absolute atomic E-state index is 0.0590. The molecule has 22 heavy (non-hydrogen) atoms. The van der Waals surface area contributed by atoms with Crippen LogP contribution >= 0.6 is 27.7 Å². The van der Waals surface area contributed by atoms with Crippen LogP contribution in [0.5, 0.6) is 0 Å². The van der Waals surface area contributed by atoms with E-state index in [1.54, 1.807) is 12.1 Å². The molecule has 0 aromatic heterocycles. The number of ether oxygens (including phenoxy) is 1. The third kappa shape index (κ3) is 3.34. The van der Waals surface area contributed by atoms with E-state index in [1.807, 2.05) is 30.3 Å². The maximum Gasteiger partial charge on any atom is 0.338 e. The molecule has 1 aliphatic rings. The summed E-state index contributed by atoms with van der Waals surface area (Å²) in [5.41, 5.74) is 1.99. The lowest BCUT2D eigenvalue weighted by Crippen LogP contribution is -2.19. The lowest BCUT2D eigenvalue weighted by Gasteiger charge is -2.16. The largest absolute Gasteiger partial charge is 0.457 e. The fourth-order valence-electron chi connectivity index (χ4n) is 2.05. The van der Waals surface area contributed by atoms with Gasteiger partial charge in [0.05, 0.1) is 17.0 Å². The summed E-state index contributed by atoms with van der Waals surface area (Å²) < 4.78 is 6.22. The SMILES string of the molecule is O=C1CSc2ccc(C(=O)OCc3ccccc3Br)cc2N1. The Morgan fingerprint density at radius 2 is 2.09 bits per heavy atom. The zero-order valence-corrected chi connectivity index (χ0v) is 13.9. The molecule has 0 saturated heterocycles. The first-order valence-corrected chi connectivity index (χ1v) is 8.38. The average molecular weight is 378 g/mol. The Hall–Kier alpha value is -1.79. The second-order valence-electron chi connectivity index (χ2n) is 4.72. The van der Waals surface area contributed by atoms with Crippen LogP contribution in [0.25, 0.3) is 0 Å². The van der Waals surface area contributed by atoms with E-state index >= 15 is 0 Å². The summed E-state index contributed by atoms with van der Waals surface area (Å²) in [4.78, 5) is 24.5. The maximum atomic E-state index is 12.1. The Balaban J connectivity index is 1.72. The average Bonchev–Trinajstić information content (AvgIpc) is 2.53. The number of hydrogen-bond acceptors (Lipinski definition) is 4. The quantitative estimate of drug-likeness (QED) is 0.825. The summed E-state index contributed by atoms with van der Waals surface area (Å²) in [7, 11) is 0. The first-order chi connectivity index (χ1) is 10.6. The standard InChI is InChI=1S/C16H12BrNO3S/c17-12-4-2-1-3-11(12)8-21-16(20)10-5-6-14-13(7-10)18-15(19)9-22-14/h1-7H,8-9H2,(H,18,19). The van der Waals surface area contributed by atoms with E-state index in [-0.39, 0.29) is 12.5 Å². The number of nitrogens with one attached hydrogen (secondary N) is 1. The maximum absolute atomic E-state index is 12.1. The summed E-state index contributed by atoms with van der Waals surface area (Å²) in [5, 5.41) is 2.76. The van der Waals surface area contributed by atoms with Gasteiger partial charge in [0.2, 0.25) is 5.91 Å². The van der Waals surface area contributed by atoms with Crippen LogP contribution < -0.4 is 5.32 Å². The second-order valence-corrected chi connectivity index (χ2v) is 6.59. The molecular weight excluding hydrogens is 366 g/mol. The van der Waals surface area contributed by atoms with Gasteiger partial charge in [0, 0.05) is 14.9 Å². The van der Waals surface area contributed by atoms with E-state index in [1.165, 1.54) is 11.8 Å². The van der Waals surface area contributed by atoms with Crippen LogP contribution in [-0.4, -0.2) is 17.6 Å². The van der Waals surface area contributed by atoms with Crippen LogP contribution in [0, 0.1) is 0 Å². The molecule has 0 fully saturated rings. The van der Waals surface area contributed by atoms with Crippen molar-refractivity contribution in [2.45, 2.75) is 11.5 Å². The van der Waals surface area contributed by atoms with E-state index in [0.29, 0.717) is 17.0 Å². The number of carbonyl (C=O) groups is 2. The molecule has 1 aliphatic heterocycles. The van der Waals surface area contributed by atoms with Crippen LogP contribution in [0.2, 0.25) is 0 Å². The third-order valence-corrected chi connectivity index (χ3v) is 5.01. The molecular formula is C16H12BrNO3S. The van der Waals surface area contributed by atoms with Crippen LogP contribution in [0.4, 0.5) is 5.69 Å². The number of thioether (sulfide) groups is 1. The zero-order valence-electron chi connectivity index (χ0n) is 11.5. The predicted molar refractivity (Wildman–Crippen MR) is 89.1 cm³/mol. The summed E-state index contributed by atoms with van der Waals surface area (Å²) in [6, 6.07) is 12.8. The molecule has 0 unspecified atom stereocenters. The number of anilines is 1. The molecule has 4 nitrogen and oxygen atoms in total. The van der Waals surface area contributed by atoms with Crippen LogP contribution in [-0.2, 0) is 16.1 Å². The highest BCUT2D eigenvalue weighted by molar-refractivity contribution is 9.10. The highest BCUT2D eigenvalue weighted by atomic mass is 79.9. The van der Waals surface area contributed by atoms with Gasteiger partial charge in [0.15, 0.2) is 0 Å². The van der Waals surface area contributed by atoms with Crippen LogP contribution in [0.3, 0.4) is 0 Å². The zero-order chi connectivity index (χ0) is 15.5. The number of carbonyl (C=O) groups excluding carboxylic acids is 2. The van der Waals surface area contributed by atoms with Gasteiger partial charge in [-0.3, -0.25) is 4.79 Å². The van der Waals surface area contributed by atoms with Gasteiger partial charge >= 0.3 is 5.97 Å². The van der Waals surface area contributed by atoms with Gasteiger partial charge in [-0.2, -0.15) is 0 Å². The number of halogens is 1. The molecule has 0 bridgehead atoms. The number of esters is 1. The molecule has 3 rings (SSSR count). The molecule has 0 spiro atoms. The molecule has 1 N–H and O–H groups in total. The number of fused-ring (bicyclic) bond motifs is 1. The molecule has 0 saturated carbocycles. The molecule has 6 heteroatoms. The highest BCUT2D eigenvalue weighted by Gasteiger charge is 2.18. The highest BCUT2D eigenvalue weighted by Crippen LogP contribution is 2.32. The minimum atomic E-state index is -0.414. The van der Waals surface area contributed by atoms with Gasteiger partial charge in [-0.15, -0.1) is 11.8 Å². The van der Waals surface area contributed by atoms with E-state index in [4.69, 9.17) is 4.74 Å². The third-order valence-electron chi connectivity index (χ3n) is 3.16. The molecule has 112 valence electrons. The van der Waals surface area contributed by atoms with Crippen molar-refractivity contribution < 1.29 is 14.3 Å². The van der Waals surface area contributed by atoms with Crippen molar-refractivity contribution in [3.05, 3.63) is 58.1 Å². The summed E-state index contributed by atoms with van der Waals surface area (Å²) >= 11 is 4.88. The second kappa shape index (κ2) is 6.54. The first kappa shape index (κ1) is 15.1. The van der Waals surface area contributed by atoms with Crippen molar-refractivity contribution in [1.82, 2.24) is 0 Å². The molecule has 0 atom stereocenters. The monoisotopic (exact) mass is 377 g/mol. The summed E-state index contributed by atoms with van der Waals surface area (Å²) in [5.74, 6) is -0.0710. The number of rotatable bonds is 3. The summed E-state index contributed by atoms with van der Waals surface area (Å²) in [6.45, 7) is 0.193. The Morgan fingerprint density at radius 3 is 2.91 bits per heavy atom. The van der Waals surface area contributed by atoms with Crippen LogP contribution in [0.15, 0.2) is 51.8 Å². The smallest absolute Gasteiger partial charge is 0.338 e. The Bertz CT molecular complexity index is 748. The van der Waals surface area contributed by atoms with Crippen molar-refractivity contribution in [3.63, 3.8) is 0 Å². The molecule has 2 aromatic carbocycles. The lowest BCUT2D eigenvalue weighted by molar-refractivity contribution is -0.113. The Kier molecular flexibility index (Phi) is 4.49. The molecule has 1 amide bonds. The fraction of sp³-hybridized carbons (Fsp3) is 0.125. The topological polar surface area (TPSA) is 55.4 Å². The van der Waals surface area contributed by atoms with Crippen molar-refractivity contribution in [1.29, 1.82) is 0 Å². The fourth-order valence-corrected chi connectivity index (χ4v) is 3.24. The van der Waals surface area contributed by atoms with E-state index in [9.17, 15) is 9.59 Å². The van der Waals surface area contributed by atoms with Gasteiger partial charge in [0.1, 0.15) is 6.61 Å². The molecule has 0 aliphatic carbocycles. The molecule has 0 radical (unpaired) electrons. The van der Waals surface area contributed by atoms with Gasteiger partial charge < -0.3 is 10.1 Å². The van der Waals surface area contributed by atoms with Gasteiger partial charge in [-0.25, -0.2) is 4.79 Å². The van der Waals surface area contributed by atoms with Crippen molar-refractivity contribution in [3.8, 4) is 0 Å². The van der Waals surface area contributed by atoms with E-state index in [2.05, 4.69) is 21.2 Å². The van der Waals surface area contributed by atoms with Crippen molar-refractivity contribution >= 4 is 45.3 Å². The number of hydrogen-bond donors (Lipinski definition) is 1. The molecule has 2 aromatic rings. The summed E-state index contributed by atoms with van der Waals surface area (Å²) in [6.07, 6.45) is 0. The lowest BCUT2D eigenvalue weighted by atomic mass is 10.2. The van der Waals surface area contributed by atoms with Crippen molar-refractivity contribution in [2.75, 3.05) is 11.1 Å². The number of benzene rings is 2. The Labute approximate surface area is 140 Å².